The second kappa shape index (κ2) is 5.85. The Morgan fingerprint density at radius 1 is 0.913 bits per heavy atom. The molecule has 0 bridgehead atoms. The van der Waals surface area contributed by atoms with E-state index in [0.29, 0.717) is 5.82 Å². The maximum atomic E-state index is 6.07. The summed E-state index contributed by atoms with van der Waals surface area (Å²) >= 11 is 1.65. The van der Waals surface area contributed by atoms with Crippen LogP contribution in [0.3, 0.4) is 0 Å². The fourth-order valence-electron chi connectivity index (χ4n) is 2.26. The Balaban J connectivity index is 1.72. The molecule has 2 N–H and O–H groups in total. The lowest BCUT2D eigenvalue weighted by molar-refractivity contribution is 0.00578. The van der Waals surface area contributed by atoms with Gasteiger partial charge in [0.25, 0.3) is 0 Å². The van der Waals surface area contributed by atoms with Crippen LogP contribution in [0.1, 0.15) is 27.7 Å². The first kappa shape index (κ1) is 16.4. The van der Waals surface area contributed by atoms with Gasteiger partial charge in [0.15, 0.2) is 0 Å². The highest BCUT2D eigenvalue weighted by Crippen LogP contribution is 2.36. The molecule has 1 saturated heterocycles. The first-order valence-corrected chi connectivity index (χ1v) is 8.43. The van der Waals surface area contributed by atoms with E-state index in [9.17, 15) is 0 Å². The van der Waals surface area contributed by atoms with E-state index >= 15 is 0 Å². The summed E-state index contributed by atoms with van der Waals surface area (Å²) in [6.45, 7) is 8.24. The third-order valence-corrected chi connectivity index (χ3v) is 5.39. The monoisotopic (exact) mass is 328 g/mol. The number of rotatable bonds is 3. The largest absolute Gasteiger partial charge is 0.494 e. The molecule has 0 unspecified atom stereocenters. The lowest BCUT2D eigenvalue weighted by Gasteiger charge is -2.32. The Morgan fingerprint density at radius 3 is 2.00 bits per heavy atom. The summed E-state index contributed by atoms with van der Waals surface area (Å²) in [7, 11) is -0.322. The van der Waals surface area contributed by atoms with Gasteiger partial charge in [-0.2, -0.15) is 0 Å². The fraction of sp³-hybridized carbons (Fsp3) is 0.353. The van der Waals surface area contributed by atoms with Gasteiger partial charge in [-0.1, -0.05) is 23.9 Å². The molecular formula is C17H21BN2O2S. The maximum absolute atomic E-state index is 6.07. The SMILES string of the molecule is CC1(C)OB(c2ccc(Sc3ccc(N)nc3)cc2)OC1(C)C. The van der Waals surface area contributed by atoms with E-state index in [2.05, 4.69) is 56.9 Å². The first-order valence-electron chi connectivity index (χ1n) is 7.62. The topological polar surface area (TPSA) is 57.4 Å². The van der Waals surface area contributed by atoms with Crippen molar-refractivity contribution in [2.24, 2.45) is 0 Å². The normalized spacial score (nSPS) is 19.0. The number of nitrogens with two attached hydrogens (primary N) is 1. The molecule has 23 heavy (non-hydrogen) atoms. The van der Waals surface area contributed by atoms with Gasteiger partial charge in [0.05, 0.1) is 11.2 Å². The van der Waals surface area contributed by atoms with Gasteiger partial charge in [-0.05, 0) is 57.4 Å². The molecule has 1 aromatic heterocycles. The van der Waals surface area contributed by atoms with E-state index in [1.165, 1.54) is 0 Å². The molecule has 0 radical (unpaired) electrons. The molecule has 1 fully saturated rings. The zero-order valence-corrected chi connectivity index (χ0v) is 14.7. The van der Waals surface area contributed by atoms with Crippen LogP contribution in [-0.4, -0.2) is 23.3 Å². The van der Waals surface area contributed by atoms with Crippen LogP contribution < -0.4 is 11.2 Å². The minimum Gasteiger partial charge on any atom is -0.399 e. The third-order valence-electron chi connectivity index (χ3n) is 4.40. The fourth-order valence-corrected chi connectivity index (χ4v) is 3.05. The van der Waals surface area contributed by atoms with Crippen LogP contribution in [0.5, 0.6) is 0 Å². The van der Waals surface area contributed by atoms with Gasteiger partial charge in [-0.25, -0.2) is 4.98 Å². The molecule has 0 spiro atoms. The first-order chi connectivity index (χ1) is 10.8. The number of nitrogen functional groups attached to an aromatic ring is 1. The standard InChI is InChI=1S/C17H21BN2O2S/c1-16(2)17(3,4)22-18(21-16)12-5-7-13(8-6-12)23-14-9-10-15(19)20-11-14/h5-11H,1-4H3,(H2,19,20). The Bertz CT molecular complexity index is 671. The maximum Gasteiger partial charge on any atom is 0.494 e. The van der Waals surface area contributed by atoms with Gasteiger partial charge >= 0.3 is 7.12 Å². The van der Waals surface area contributed by atoms with E-state index in [0.717, 1.165) is 15.3 Å². The number of nitrogens with zero attached hydrogens (tertiary/aromatic N) is 1. The van der Waals surface area contributed by atoms with Crippen molar-refractivity contribution in [2.45, 2.75) is 48.7 Å². The summed E-state index contributed by atoms with van der Waals surface area (Å²) in [6, 6.07) is 12.0. The molecule has 4 nitrogen and oxygen atoms in total. The Hall–Kier alpha value is -1.50. The lowest BCUT2D eigenvalue weighted by Crippen LogP contribution is -2.41. The van der Waals surface area contributed by atoms with Crippen molar-refractivity contribution >= 4 is 30.2 Å². The van der Waals surface area contributed by atoms with Gasteiger partial charge in [-0.15, -0.1) is 0 Å². The second-order valence-electron chi connectivity index (χ2n) is 6.68. The summed E-state index contributed by atoms with van der Waals surface area (Å²) in [5.41, 5.74) is 6.00. The van der Waals surface area contributed by atoms with E-state index < -0.39 is 0 Å². The van der Waals surface area contributed by atoms with Crippen molar-refractivity contribution in [3.63, 3.8) is 0 Å². The minimum absolute atomic E-state index is 0.319. The summed E-state index contributed by atoms with van der Waals surface area (Å²) in [6.07, 6.45) is 1.78. The zero-order chi connectivity index (χ0) is 16.7. The van der Waals surface area contributed by atoms with Crippen LogP contribution in [-0.2, 0) is 9.31 Å². The highest BCUT2D eigenvalue weighted by atomic mass is 32.2. The highest BCUT2D eigenvalue weighted by Gasteiger charge is 2.51. The molecule has 0 atom stereocenters. The summed E-state index contributed by atoms with van der Waals surface area (Å²) < 4.78 is 12.1. The Labute approximate surface area is 141 Å². The smallest absolute Gasteiger partial charge is 0.399 e. The average Bonchev–Trinajstić information content (AvgIpc) is 2.71. The van der Waals surface area contributed by atoms with Crippen molar-refractivity contribution in [3.05, 3.63) is 42.6 Å². The molecule has 0 aliphatic carbocycles. The highest BCUT2D eigenvalue weighted by molar-refractivity contribution is 7.99. The summed E-state index contributed by atoms with van der Waals surface area (Å²) in [5.74, 6) is 0.533. The number of pyridine rings is 1. The van der Waals surface area contributed by atoms with Crippen molar-refractivity contribution in [3.8, 4) is 0 Å². The van der Waals surface area contributed by atoms with Gasteiger partial charge in [0.1, 0.15) is 5.82 Å². The van der Waals surface area contributed by atoms with E-state index in [1.54, 1.807) is 24.0 Å². The Kier molecular flexibility index (Phi) is 4.17. The quantitative estimate of drug-likeness (QED) is 0.878. The molecule has 120 valence electrons. The molecule has 1 aromatic carbocycles. The molecule has 0 saturated carbocycles. The number of benzene rings is 1. The summed E-state index contributed by atoms with van der Waals surface area (Å²) in [4.78, 5) is 6.30. The van der Waals surface area contributed by atoms with Crippen LogP contribution in [0.25, 0.3) is 0 Å². The van der Waals surface area contributed by atoms with Gasteiger partial charge in [0, 0.05) is 16.0 Å². The molecule has 2 heterocycles. The second-order valence-corrected chi connectivity index (χ2v) is 7.83. The van der Waals surface area contributed by atoms with Gasteiger partial charge in [0.2, 0.25) is 0 Å². The minimum atomic E-state index is -0.322. The van der Waals surface area contributed by atoms with Crippen molar-refractivity contribution in [1.82, 2.24) is 4.98 Å². The van der Waals surface area contributed by atoms with E-state index in [4.69, 9.17) is 15.0 Å². The van der Waals surface area contributed by atoms with E-state index in [-0.39, 0.29) is 18.3 Å². The number of anilines is 1. The predicted octanol–water partition coefficient (Wildman–Crippen LogP) is 3.11. The lowest BCUT2D eigenvalue weighted by atomic mass is 9.79. The molecule has 2 aromatic rings. The molecule has 1 aliphatic heterocycles. The zero-order valence-electron chi connectivity index (χ0n) is 13.9. The van der Waals surface area contributed by atoms with Crippen molar-refractivity contribution < 1.29 is 9.31 Å². The number of aromatic nitrogens is 1. The Morgan fingerprint density at radius 2 is 1.48 bits per heavy atom. The number of hydrogen-bond acceptors (Lipinski definition) is 5. The van der Waals surface area contributed by atoms with Crippen molar-refractivity contribution in [2.75, 3.05) is 5.73 Å². The summed E-state index contributed by atoms with van der Waals surface area (Å²) in [5, 5.41) is 0. The number of hydrogen-bond donors (Lipinski definition) is 1. The molecular weight excluding hydrogens is 307 g/mol. The average molecular weight is 328 g/mol. The predicted molar refractivity (Wildman–Crippen MR) is 94.9 cm³/mol. The molecule has 3 rings (SSSR count). The van der Waals surface area contributed by atoms with Crippen LogP contribution >= 0.6 is 11.8 Å². The van der Waals surface area contributed by atoms with E-state index in [1.807, 2.05) is 6.07 Å². The van der Waals surface area contributed by atoms with Crippen LogP contribution in [0.2, 0.25) is 0 Å². The molecule has 6 heteroatoms. The third kappa shape index (κ3) is 3.39. The molecule has 0 amide bonds. The van der Waals surface area contributed by atoms with Crippen LogP contribution in [0.15, 0.2) is 52.4 Å². The van der Waals surface area contributed by atoms with Crippen molar-refractivity contribution in [1.29, 1.82) is 0 Å². The van der Waals surface area contributed by atoms with Crippen LogP contribution in [0, 0.1) is 0 Å². The molecule has 1 aliphatic rings. The van der Waals surface area contributed by atoms with Crippen LogP contribution in [0.4, 0.5) is 5.82 Å². The van der Waals surface area contributed by atoms with Gasteiger partial charge in [-0.3, -0.25) is 0 Å². The van der Waals surface area contributed by atoms with Gasteiger partial charge < -0.3 is 15.0 Å².